The van der Waals surface area contributed by atoms with Crippen molar-refractivity contribution in [2.45, 2.75) is 39.3 Å². The number of nitrogens with zero attached hydrogens (tertiary/aromatic N) is 1. The minimum Gasteiger partial charge on any atom is -0.350 e. The number of nitrogens with one attached hydrogen (secondary N) is 3. The summed E-state index contributed by atoms with van der Waals surface area (Å²) in [5.41, 5.74) is -0.296. The van der Waals surface area contributed by atoms with Gasteiger partial charge in [-0.05, 0) is 27.7 Å². The SMILES string of the molecule is CC(NCC(=O)NCC#N)C(=O)NC(C)(C)C. The number of carbonyl (C=O) groups is 2. The van der Waals surface area contributed by atoms with E-state index in [1.54, 1.807) is 13.0 Å². The summed E-state index contributed by atoms with van der Waals surface area (Å²) in [7, 11) is 0. The molecule has 0 aliphatic carbocycles. The predicted octanol–water partition coefficient (Wildman–Crippen LogP) is -0.481. The summed E-state index contributed by atoms with van der Waals surface area (Å²) in [4.78, 5) is 22.8. The second-order valence-electron chi connectivity index (χ2n) is 4.78. The highest BCUT2D eigenvalue weighted by Crippen LogP contribution is 1.99. The molecule has 0 bridgehead atoms. The van der Waals surface area contributed by atoms with E-state index in [0.29, 0.717) is 0 Å². The molecule has 0 aromatic heterocycles. The van der Waals surface area contributed by atoms with E-state index >= 15 is 0 Å². The Kier molecular flexibility index (Phi) is 6.21. The van der Waals surface area contributed by atoms with Gasteiger partial charge < -0.3 is 10.6 Å². The molecule has 96 valence electrons. The van der Waals surface area contributed by atoms with Gasteiger partial charge in [-0.25, -0.2) is 0 Å². The normalized spacial score (nSPS) is 12.4. The molecule has 6 heteroatoms. The Labute approximate surface area is 102 Å². The maximum atomic E-state index is 11.6. The summed E-state index contributed by atoms with van der Waals surface area (Å²) in [5.74, 6) is -0.465. The van der Waals surface area contributed by atoms with Crippen LogP contribution in [0.5, 0.6) is 0 Å². The highest BCUT2D eigenvalue weighted by molar-refractivity contribution is 5.83. The van der Waals surface area contributed by atoms with E-state index in [0.717, 1.165) is 0 Å². The lowest BCUT2D eigenvalue weighted by atomic mass is 10.1. The lowest BCUT2D eigenvalue weighted by molar-refractivity contribution is -0.124. The van der Waals surface area contributed by atoms with Gasteiger partial charge >= 0.3 is 0 Å². The summed E-state index contributed by atoms with van der Waals surface area (Å²) in [5, 5.41) is 16.2. The molecule has 0 aromatic rings. The second kappa shape index (κ2) is 6.86. The fourth-order valence-electron chi connectivity index (χ4n) is 1.02. The minimum atomic E-state index is -0.456. The van der Waals surface area contributed by atoms with E-state index in [1.807, 2.05) is 20.8 Å². The molecule has 1 unspecified atom stereocenters. The Morgan fingerprint density at radius 1 is 1.35 bits per heavy atom. The van der Waals surface area contributed by atoms with Crippen molar-refractivity contribution in [3.05, 3.63) is 0 Å². The monoisotopic (exact) mass is 240 g/mol. The third-order valence-corrected chi connectivity index (χ3v) is 1.82. The molecule has 0 aliphatic heterocycles. The van der Waals surface area contributed by atoms with E-state index < -0.39 is 6.04 Å². The molecular weight excluding hydrogens is 220 g/mol. The van der Waals surface area contributed by atoms with Gasteiger partial charge in [0.05, 0.1) is 18.7 Å². The molecule has 0 radical (unpaired) electrons. The van der Waals surface area contributed by atoms with Crippen LogP contribution in [0.1, 0.15) is 27.7 Å². The van der Waals surface area contributed by atoms with Crippen LogP contribution in [0.25, 0.3) is 0 Å². The number of amides is 2. The maximum Gasteiger partial charge on any atom is 0.237 e. The molecule has 3 N–H and O–H groups in total. The van der Waals surface area contributed by atoms with Crippen molar-refractivity contribution < 1.29 is 9.59 Å². The predicted molar refractivity (Wildman–Crippen MR) is 64.0 cm³/mol. The quantitative estimate of drug-likeness (QED) is 0.566. The zero-order valence-electron chi connectivity index (χ0n) is 10.8. The molecule has 1 atom stereocenters. The van der Waals surface area contributed by atoms with Gasteiger partial charge in [-0.1, -0.05) is 0 Å². The van der Waals surface area contributed by atoms with E-state index in [2.05, 4.69) is 16.0 Å². The largest absolute Gasteiger partial charge is 0.350 e. The Balaban J connectivity index is 3.94. The van der Waals surface area contributed by atoms with E-state index in [9.17, 15) is 9.59 Å². The average molecular weight is 240 g/mol. The van der Waals surface area contributed by atoms with Crippen molar-refractivity contribution in [2.24, 2.45) is 0 Å². The van der Waals surface area contributed by atoms with Gasteiger partial charge in [0, 0.05) is 5.54 Å². The van der Waals surface area contributed by atoms with Gasteiger partial charge in [-0.15, -0.1) is 0 Å². The highest BCUT2D eigenvalue weighted by Gasteiger charge is 2.19. The standard InChI is InChI=1S/C11H20N4O2/c1-8(10(17)15-11(2,3)4)14-7-9(16)13-6-5-12/h8,14H,6-7H2,1-4H3,(H,13,16)(H,15,17). The minimum absolute atomic E-state index is 0.0143. The molecule has 0 saturated heterocycles. The summed E-state index contributed by atoms with van der Waals surface area (Å²) < 4.78 is 0. The summed E-state index contributed by atoms with van der Waals surface area (Å²) >= 11 is 0. The Morgan fingerprint density at radius 2 is 1.94 bits per heavy atom. The molecule has 0 rings (SSSR count). The third-order valence-electron chi connectivity index (χ3n) is 1.82. The van der Waals surface area contributed by atoms with Crippen LogP contribution in [-0.2, 0) is 9.59 Å². The fourth-order valence-corrected chi connectivity index (χ4v) is 1.02. The van der Waals surface area contributed by atoms with Crippen LogP contribution in [-0.4, -0.2) is 36.5 Å². The summed E-state index contributed by atoms with van der Waals surface area (Å²) in [6.07, 6.45) is 0. The molecule has 0 spiro atoms. The van der Waals surface area contributed by atoms with Gasteiger partial charge in [0.15, 0.2) is 0 Å². The van der Waals surface area contributed by atoms with Crippen LogP contribution >= 0.6 is 0 Å². The van der Waals surface area contributed by atoms with E-state index in [-0.39, 0.29) is 30.4 Å². The second-order valence-corrected chi connectivity index (χ2v) is 4.78. The van der Waals surface area contributed by atoms with Crippen molar-refractivity contribution in [1.29, 1.82) is 5.26 Å². The molecule has 0 aliphatic rings. The molecule has 0 saturated carbocycles. The number of nitriles is 1. The first-order chi connectivity index (χ1) is 7.76. The Hall–Kier alpha value is -1.61. The van der Waals surface area contributed by atoms with Crippen LogP contribution in [0.2, 0.25) is 0 Å². The molecule has 17 heavy (non-hydrogen) atoms. The molecular formula is C11H20N4O2. The van der Waals surface area contributed by atoms with Crippen LogP contribution in [0, 0.1) is 11.3 Å². The van der Waals surface area contributed by atoms with Crippen LogP contribution in [0.15, 0.2) is 0 Å². The fraction of sp³-hybridized carbons (Fsp3) is 0.727. The van der Waals surface area contributed by atoms with Gasteiger partial charge in [0.2, 0.25) is 11.8 Å². The summed E-state index contributed by atoms with van der Waals surface area (Å²) in [6, 6.07) is 1.34. The first-order valence-corrected chi connectivity index (χ1v) is 5.45. The van der Waals surface area contributed by atoms with Crippen molar-refractivity contribution in [3.8, 4) is 6.07 Å². The lowest BCUT2D eigenvalue weighted by Crippen LogP contribution is -2.51. The Morgan fingerprint density at radius 3 is 2.41 bits per heavy atom. The number of carbonyl (C=O) groups excluding carboxylic acids is 2. The number of rotatable bonds is 5. The van der Waals surface area contributed by atoms with Crippen LogP contribution < -0.4 is 16.0 Å². The molecule has 0 aromatic carbocycles. The smallest absolute Gasteiger partial charge is 0.237 e. The van der Waals surface area contributed by atoms with Gasteiger partial charge in [-0.3, -0.25) is 14.9 Å². The van der Waals surface area contributed by atoms with Crippen LogP contribution in [0.4, 0.5) is 0 Å². The first kappa shape index (κ1) is 15.4. The zero-order chi connectivity index (χ0) is 13.5. The number of hydrogen-bond acceptors (Lipinski definition) is 4. The van der Waals surface area contributed by atoms with Gasteiger partial charge in [0.25, 0.3) is 0 Å². The zero-order valence-corrected chi connectivity index (χ0v) is 10.8. The van der Waals surface area contributed by atoms with Crippen molar-refractivity contribution >= 4 is 11.8 Å². The highest BCUT2D eigenvalue weighted by atomic mass is 16.2. The summed E-state index contributed by atoms with van der Waals surface area (Å²) in [6.45, 7) is 7.33. The third kappa shape index (κ3) is 8.22. The molecule has 2 amide bonds. The molecule has 0 heterocycles. The molecule has 0 fully saturated rings. The Bertz CT molecular complexity index is 314. The molecule has 6 nitrogen and oxygen atoms in total. The van der Waals surface area contributed by atoms with Crippen LogP contribution in [0.3, 0.4) is 0 Å². The average Bonchev–Trinajstić information content (AvgIpc) is 2.20. The van der Waals surface area contributed by atoms with E-state index in [4.69, 9.17) is 5.26 Å². The van der Waals surface area contributed by atoms with Crippen molar-refractivity contribution in [3.63, 3.8) is 0 Å². The van der Waals surface area contributed by atoms with Crippen molar-refractivity contribution in [1.82, 2.24) is 16.0 Å². The number of hydrogen-bond donors (Lipinski definition) is 3. The van der Waals surface area contributed by atoms with Gasteiger partial charge in [0.1, 0.15) is 6.54 Å². The maximum absolute atomic E-state index is 11.6. The van der Waals surface area contributed by atoms with Gasteiger partial charge in [-0.2, -0.15) is 5.26 Å². The van der Waals surface area contributed by atoms with E-state index in [1.165, 1.54) is 0 Å². The topological polar surface area (TPSA) is 94.0 Å². The first-order valence-electron chi connectivity index (χ1n) is 5.45. The lowest BCUT2D eigenvalue weighted by Gasteiger charge is -2.23. The van der Waals surface area contributed by atoms with Crippen molar-refractivity contribution in [2.75, 3.05) is 13.1 Å².